The summed E-state index contributed by atoms with van der Waals surface area (Å²) in [6.45, 7) is 3.89. The van der Waals surface area contributed by atoms with E-state index < -0.39 is 0 Å². The first kappa shape index (κ1) is 9.00. The van der Waals surface area contributed by atoms with Gasteiger partial charge >= 0.3 is 0 Å². The number of ether oxygens (including phenoxy) is 1. The van der Waals surface area contributed by atoms with E-state index in [9.17, 15) is 0 Å². The highest BCUT2D eigenvalue weighted by Gasteiger charge is 2.03. The third kappa shape index (κ3) is 1.74. The molecule has 0 amide bonds. The molecule has 0 unspecified atom stereocenters. The van der Waals surface area contributed by atoms with Crippen LogP contribution in [-0.2, 0) is 0 Å². The van der Waals surface area contributed by atoms with Crippen LogP contribution in [0.25, 0.3) is 0 Å². The monoisotopic (exact) mass is 166 g/mol. The fourth-order valence-corrected chi connectivity index (χ4v) is 1.05. The Labute approximate surface area is 72.6 Å². The van der Waals surface area contributed by atoms with Gasteiger partial charge in [-0.1, -0.05) is 0 Å². The Balaban J connectivity index is 3.02. The van der Waals surface area contributed by atoms with Crippen molar-refractivity contribution in [2.45, 2.75) is 19.9 Å². The molecule has 1 atom stereocenters. The summed E-state index contributed by atoms with van der Waals surface area (Å²) in [7, 11) is 1.61. The highest BCUT2D eigenvalue weighted by molar-refractivity contribution is 5.29. The summed E-state index contributed by atoms with van der Waals surface area (Å²) >= 11 is 0. The van der Waals surface area contributed by atoms with Crippen LogP contribution in [0.3, 0.4) is 0 Å². The number of hydrogen-bond donors (Lipinski definition) is 1. The van der Waals surface area contributed by atoms with Crippen LogP contribution in [0.5, 0.6) is 5.88 Å². The molecule has 0 aliphatic heterocycles. The second kappa shape index (κ2) is 3.54. The van der Waals surface area contributed by atoms with Gasteiger partial charge in [0.2, 0.25) is 5.88 Å². The Morgan fingerprint density at radius 1 is 1.58 bits per heavy atom. The van der Waals surface area contributed by atoms with Gasteiger partial charge in [0, 0.05) is 17.8 Å². The minimum Gasteiger partial charge on any atom is -0.481 e. The summed E-state index contributed by atoms with van der Waals surface area (Å²) < 4.78 is 5.03. The van der Waals surface area contributed by atoms with E-state index in [2.05, 4.69) is 4.98 Å². The zero-order chi connectivity index (χ0) is 9.14. The van der Waals surface area contributed by atoms with Crippen LogP contribution in [0.15, 0.2) is 12.3 Å². The van der Waals surface area contributed by atoms with Crippen LogP contribution in [0.1, 0.15) is 24.1 Å². The maximum Gasteiger partial charge on any atom is 0.215 e. The molecular weight excluding hydrogens is 152 g/mol. The molecule has 0 saturated carbocycles. The summed E-state index contributed by atoms with van der Waals surface area (Å²) in [6.07, 6.45) is 1.75. The molecule has 0 aliphatic carbocycles. The molecule has 66 valence electrons. The van der Waals surface area contributed by atoms with Gasteiger partial charge in [-0.15, -0.1) is 0 Å². The van der Waals surface area contributed by atoms with Gasteiger partial charge < -0.3 is 10.5 Å². The van der Waals surface area contributed by atoms with E-state index in [0.29, 0.717) is 5.88 Å². The van der Waals surface area contributed by atoms with Crippen LogP contribution in [-0.4, -0.2) is 12.1 Å². The van der Waals surface area contributed by atoms with Gasteiger partial charge in [-0.25, -0.2) is 4.98 Å². The normalized spacial score (nSPS) is 12.7. The van der Waals surface area contributed by atoms with Crippen LogP contribution in [0.2, 0.25) is 0 Å². The second-order valence-electron chi connectivity index (χ2n) is 2.88. The number of rotatable bonds is 2. The molecule has 0 bridgehead atoms. The predicted octanol–water partition coefficient (Wildman–Crippen LogP) is 1.42. The molecule has 0 saturated heterocycles. The van der Waals surface area contributed by atoms with E-state index in [0.717, 1.165) is 11.1 Å². The lowest BCUT2D eigenvalue weighted by Crippen LogP contribution is -2.06. The minimum absolute atomic E-state index is 0.0297. The average Bonchev–Trinajstić information content (AvgIpc) is 2.04. The van der Waals surface area contributed by atoms with Crippen LogP contribution >= 0.6 is 0 Å². The Morgan fingerprint density at radius 3 is 2.67 bits per heavy atom. The van der Waals surface area contributed by atoms with Crippen molar-refractivity contribution in [3.05, 3.63) is 23.4 Å². The van der Waals surface area contributed by atoms with E-state index >= 15 is 0 Å². The number of aromatic nitrogens is 1. The van der Waals surface area contributed by atoms with Gasteiger partial charge in [-0.05, 0) is 25.5 Å². The van der Waals surface area contributed by atoms with E-state index in [1.807, 2.05) is 19.9 Å². The molecule has 3 nitrogen and oxygen atoms in total. The van der Waals surface area contributed by atoms with Crippen molar-refractivity contribution in [2.75, 3.05) is 7.11 Å². The molecule has 0 fully saturated rings. The molecule has 0 aliphatic rings. The molecule has 0 aromatic carbocycles. The van der Waals surface area contributed by atoms with Crippen molar-refractivity contribution in [3.8, 4) is 5.88 Å². The molecule has 2 N–H and O–H groups in total. The molecular formula is C9H14N2O. The zero-order valence-corrected chi connectivity index (χ0v) is 7.66. The first-order chi connectivity index (χ1) is 5.65. The average molecular weight is 166 g/mol. The molecule has 1 heterocycles. The van der Waals surface area contributed by atoms with Crippen molar-refractivity contribution in [2.24, 2.45) is 5.73 Å². The third-order valence-corrected chi connectivity index (χ3v) is 1.77. The van der Waals surface area contributed by atoms with Crippen molar-refractivity contribution >= 4 is 0 Å². The summed E-state index contributed by atoms with van der Waals surface area (Å²) in [5, 5.41) is 0. The standard InChI is InChI=1S/C9H14N2O/c1-6-4-8(7(2)10)5-11-9(6)12-3/h4-5,7H,10H2,1-3H3/t7-/m1/s1. The van der Waals surface area contributed by atoms with Crippen LogP contribution < -0.4 is 10.5 Å². The maximum absolute atomic E-state index is 5.69. The summed E-state index contributed by atoms with van der Waals surface area (Å²) in [5.41, 5.74) is 7.75. The quantitative estimate of drug-likeness (QED) is 0.722. The largest absolute Gasteiger partial charge is 0.481 e. The van der Waals surface area contributed by atoms with Gasteiger partial charge in [0.05, 0.1) is 7.11 Å². The van der Waals surface area contributed by atoms with E-state index in [1.165, 1.54) is 0 Å². The zero-order valence-electron chi connectivity index (χ0n) is 7.66. The van der Waals surface area contributed by atoms with Gasteiger partial charge in [-0.3, -0.25) is 0 Å². The van der Waals surface area contributed by atoms with E-state index in [1.54, 1.807) is 13.3 Å². The first-order valence-electron chi connectivity index (χ1n) is 3.91. The number of nitrogens with zero attached hydrogens (tertiary/aromatic N) is 1. The topological polar surface area (TPSA) is 48.1 Å². The third-order valence-electron chi connectivity index (χ3n) is 1.77. The summed E-state index contributed by atoms with van der Waals surface area (Å²) in [5.74, 6) is 0.666. The second-order valence-corrected chi connectivity index (χ2v) is 2.88. The minimum atomic E-state index is 0.0297. The summed E-state index contributed by atoms with van der Waals surface area (Å²) in [4.78, 5) is 4.12. The number of nitrogens with two attached hydrogens (primary N) is 1. The fraction of sp³-hybridized carbons (Fsp3) is 0.444. The van der Waals surface area contributed by atoms with Crippen molar-refractivity contribution in [3.63, 3.8) is 0 Å². The molecule has 3 heteroatoms. The van der Waals surface area contributed by atoms with Crippen molar-refractivity contribution in [1.82, 2.24) is 4.98 Å². The Kier molecular flexibility index (Phi) is 2.65. The number of pyridine rings is 1. The Hall–Kier alpha value is -1.09. The highest BCUT2D eigenvalue weighted by atomic mass is 16.5. The SMILES string of the molecule is COc1ncc([C@@H](C)N)cc1C. The van der Waals surface area contributed by atoms with Gasteiger partial charge in [0.25, 0.3) is 0 Å². The predicted molar refractivity (Wildman–Crippen MR) is 48.1 cm³/mol. The number of hydrogen-bond acceptors (Lipinski definition) is 3. The first-order valence-corrected chi connectivity index (χ1v) is 3.91. The fourth-order valence-electron chi connectivity index (χ4n) is 1.05. The summed E-state index contributed by atoms with van der Waals surface area (Å²) in [6, 6.07) is 2.03. The van der Waals surface area contributed by atoms with Crippen molar-refractivity contribution < 1.29 is 4.74 Å². The maximum atomic E-state index is 5.69. The van der Waals surface area contributed by atoms with Crippen LogP contribution in [0.4, 0.5) is 0 Å². The lowest BCUT2D eigenvalue weighted by Gasteiger charge is -2.08. The number of methoxy groups -OCH3 is 1. The van der Waals surface area contributed by atoms with Gasteiger partial charge in [0.1, 0.15) is 0 Å². The lowest BCUT2D eigenvalue weighted by atomic mass is 10.1. The smallest absolute Gasteiger partial charge is 0.215 e. The Morgan fingerprint density at radius 2 is 2.25 bits per heavy atom. The van der Waals surface area contributed by atoms with Gasteiger partial charge in [0.15, 0.2) is 0 Å². The highest BCUT2D eigenvalue weighted by Crippen LogP contribution is 2.17. The molecule has 0 radical (unpaired) electrons. The molecule has 12 heavy (non-hydrogen) atoms. The molecule has 1 aromatic rings. The lowest BCUT2D eigenvalue weighted by molar-refractivity contribution is 0.394. The number of aryl methyl sites for hydroxylation is 1. The molecule has 0 spiro atoms. The Bertz CT molecular complexity index is 271. The van der Waals surface area contributed by atoms with E-state index in [-0.39, 0.29) is 6.04 Å². The molecule has 1 rings (SSSR count). The molecule has 1 aromatic heterocycles. The van der Waals surface area contributed by atoms with E-state index in [4.69, 9.17) is 10.5 Å². The van der Waals surface area contributed by atoms with Crippen molar-refractivity contribution in [1.29, 1.82) is 0 Å². The van der Waals surface area contributed by atoms with Gasteiger partial charge in [-0.2, -0.15) is 0 Å². The van der Waals surface area contributed by atoms with Crippen LogP contribution in [0, 0.1) is 6.92 Å².